The van der Waals surface area contributed by atoms with Crippen molar-refractivity contribution >= 4 is 39.2 Å². The molecule has 0 bridgehead atoms. The number of amides is 1. The molecule has 0 radical (unpaired) electrons. The van der Waals surface area contributed by atoms with Gasteiger partial charge in [0, 0.05) is 15.6 Å². The van der Waals surface area contributed by atoms with Crippen molar-refractivity contribution in [3.05, 3.63) is 63.9 Å². The highest BCUT2D eigenvalue weighted by molar-refractivity contribution is 9.10. The lowest BCUT2D eigenvalue weighted by molar-refractivity contribution is -0.136. The molecular weight excluding hydrogens is 379 g/mol. The molecule has 0 saturated carbocycles. The first kappa shape index (κ1) is 16.3. The Kier molecular flexibility index (Phi) is 4.44. The molecule has 1 heterocycles. The van der Waals surface area contributed by atoms with E-state index in [4.69, 9.17) is 5.11 Å². The number of halogens is 2. The minimum atomic E-state index is -1.13. The van der Waals surface area contributed by atoms with Gasteiger partial charge in [0.1, 0.15) is 18.9 Å². The molecule has 5 nitrogen and oxygen atoms in total. The molecule has 24 heavy (non-hydrogen) atoms. The summed E-state index contributed by atoms with van der Waals surface area (Å²) in [4.78, 5) is 28.8. The molecule has 3 rings (SSSR count). The minimum absolute atomic E-state index is 0.247. The number of rotatable bonds is 3. The van der Waals surface area contributed by atoms with Gasteiger partial charge in [-0.25, -0.2) is 4.39 Å². The van der Waals surface area contributed by atoms with E-state index in [0.29, 0.717) is 17.0 Å². The van der Waals surface area contributed by atoms with Gasteiger partial charge in [0.25, 0.3) is 0 Å². The van der Waals surface area contributed by atoms with Crippen LogP contribution in [0.3, 0.4) is 0 Å². The Hall–Kier alpha value is -2.54. The summed E-state index contributed by atoms with van der Waals surface area (Å²) in [5.74, 6) is -2.04. The molecule has 0 aliphatic carbocycles. The number of carbonyl (C=O) groups is 2. The summed E-state index contributed by atoms with van der Waals surface area (Å²) in [6, 6.07) is 11.2. The fourth-order valence-electron chi connectivity index (χ4n) is 2.58. The van der Waals surface area contributed by atoms with Crippen LogP contribution in [0.15, 0.2) is 51.9 Å². The zero-order valence-electron chi connectivity index (χ0n) is 12.4. The number of carboxylic acids is 1. The van der Waals surface area contributed by atoms with Crippen LogP contribution in [-0.4, -0.2) is 35.8 Å². The number of carboxylic acid groups (broad SMARTS) is 1. The zero-order valence-corrected chi connectivity index (χ0v) is 14.0. The summed E-state index contributed by atoms with van der Waals surface area (Å²) in [6.07, 6.45) is 0. The Morgan fingerprint density at radius 1 is 1.25 bits per heavy atom. The van der Waals surface area contributed by atoms with E-state index >= 15 is 0 Å². The van der Waals surface area contributed by atoms with Gasteiger partial charge in [-0.3, -0.25) is 19.5 Å². The quantitative estimate of drug-likeness (QED) is 0.875. The van der Waals surface area contributed by atoms with Gasteiger partial charge in [0.2, 0.25) is 5.91 Å². The molecule has 0 spiro atoms. The van der Waals surface area contributed by atoms with Gasteiger partial charge in [0.15, 0.2) is 0 Å². The number of benzene rings is 2. The normalized spacial score (nSPS) is 14.0. The lowest BCUT2D eigenvalue weighted by Crippen LogP contribution is -2.37. The van der Waals surface area contributed by atoms with Crippen molar-refractivity contribution in [3.63, 3.8) is 0 Å². The number of carbonyl (C=O) groups excluding carboxylic acids is 1. The summed E-state index contributed by atoms with van der Waals surface area (Å²) < 4.78 is 14.9. The van der Waals surface area contributed by atoms with Crippen molar-refractivity contribution in [3.8, 4) is 0 Å². The fourth-order valence-corrected chi connectivity index (χ4v) is 2.94. The summed E-state index contributed by atoms with van der Waals surface area (Å²) in [6.45, 7) is -0.725. The fraction of sp³-hybridized carbons (Fsp3) is 0.118. The van der Waals surface area contributed by atoms with Crippen LogP contribution in [-0.2, 0) is 9.59 Å². The first-order valence-corrected chi connectivity index (χ1v) is 7.88. The standard InChI is InChI=1S/C17H12BrFN2O3/c18-10-5-6-14-12(7-10)17(11-3-1-2-4-13(11)19)20-8-15(22)21(14)9-16(23)24/h1-7H,8-9H2,(H,23,24). The summed E-state index contributed by atoms with van der Waals surface area (Å²) >= 11 is 3.35. The van der Waals surface area contributed by atoms with Crippen LogP contribution in [0.2, 0.25) is 0 Å². The van der Waals surface area contributed by atoms with Gasteiger partial charge in [-0.05, 0) is 30.3 Å². The van der Waals surface area contributed by atoms with Crippen molar-refractivity contribution in [2.45, 2.75) is 0 Å². The second-order valence-electron chi connectivity index (χ2n) is 5.18. The molecule has 0 atom stereocenters. The average molecular weight is 391 g/mol. The third-order valence-corrected chi connectivity index (χ3v) is 4.09. The smallest absolute Gasteiger partial charge is 0.323 e. The second-order valence-corrected chi connectivity index (χ2v) is 6.10. The molecule has 2 aromatic carbocycles. The third-order valence-electron chi connectivity index (χ3n) is 3.60. The van der Waals surface area contributed by atoms with Crippen LogP contribution in [0, 0.1) is 5.82 Å². The number of nitrogens with zero attached hydrogens (tertiary/aromatic N) is 2. The van der Waals surface area contributed by atoms with Crippen LogP contribution < -0.4 is 4.90 Å². The molecule has 0 aromatic heterocycles. The Labute approximate surface area is 145 Å². The van der Waals surface area contributed by atoms with Crippen molar-refractivity contribution in [1.29, 1.82) is 0 Å². The first-order valence-electron chi connectivity index (χ1n) is 7.09. The van der Waals surface area contributed by atoms with Crippen molar-refractivity contribution < 1.29 is 19.1 Å². The van der Waals surface area contributed by atoms with E-state index in [1.165, 1.54) is 6.07 Å². The molecule has 1 aliphatic rings. The maximum Gasteiger partial charge on any atom is 0.323 e. The number of aliphatic imine (C=N–C) groups is 1. The Morgan fingerprint density at radius 2 is 2.00 bits per heavy atom. The molecule has 0 fully saturated rings. The average Bonchev–Trinajstić information content (AvgIpc) is 2.66. The number of anilines is 1. The molecule has 0 unspecified atom stereocenters. The maximum absolute atomic E-state index is 14.2. The molecule has 2 aromatic rings. The molecule has 0 saturated heterocycles. The molecule has 1 aliphatic heterocycles. The van der Waals surface area contributed by atoms with Gasteiger partial charge in [0.05, 0.1) is 11.4 Å². The number of hydrogen-bond acceptors (Lipinski definition) is 3. The SMILES string of the molecule is O=C(O)CN1C(=O)CN=C(c2ccccc2F)c2cc(Br)ccc21. The number of fused-ring (bicyclic) bond motifs is 1. The van der Waals surface area contributed by atoms with Crippen LogP contribution in [0.25, 0.3) is 0 Å². The Bertz CT molecular complexity index is 867. The number of hydrogen-bond donors (Lipinski definition) is 1. The van der Waals surface area contributed by atoms with Crippen molar-refractivity contribution in [2.24, 2.45) is 4.99 Å². The minimum Gasteiger partial charge on any atom is -0.480 e. The van der Waals surface area contributed by atoms with Crippen molar-refractivity contribution in [1.82, 2.24) is 0 Å². The molecule has 1 amide bonds. The second kappa shape index (κ2) is 6.52. The predicted octanol–water partition coefficient (Wildman–Crippen LogP) is 2.86. The molecular formula is C17H12BrFN2O3. The van der Waals surface area contributed by atoms with E-state index in [1.54, 1.807) is 36.4 Å². The van der Waals surface area contributed by atoms with Crippen molar-refractivity contribution in [2.75, 3.05) is 18.0 Å². The summed E-state index contributed by atoms with van der Waals surface area (Å²) in [5, 5.41) is 9.08. The highest BCUT2D eigenvalue weighted by atomic mass is 79.9. The Morgan fingerprint density at radius 3 is 2.71 bits per heavy atom. The summed E-state index contributed by atoms with van der Waals surface area (Å²) in [7, 11) is 0. The van der Waals surface area contributed by atoms with E-state index in [1.807, 2.05) is 0 Å². The van der Waals surface area contributed by atoms with E-state index < -0.39 is 24.2 Å². The van der Waals surface area contributed by atoms with Gasteiger partial charge >= 0.3 is 5.97 Å². The van der Waals surface area contributed by atoms with Gasteiger partial charge in [-0.15, -0.1) is 0 Å². The van der Waals surface area contributed by atoms with E-state index in [-0.39, 0.29) is 12.1 Å². The van der Waals surface area contributed by atoms with Gasteiger partial charge in [-0.1, -0.05) is 28.1 Å². The monoisotopic (exact) mass is 390 g/mol. The molecule has 7 heteroatoms. The van der Waals surface area contributed by atoms with Crippen LogP contribution >= 0.6 is 15.9 Å². The molecule has 122 valence electrons. The van der Waals surface area contributed by atoms with E-state index in [9.17, 15) is 14.0 Å². The lowest BCUT2D eigenvalue weighted by Gasteiger charge is -2.21. The maximum atomic E-state index is 14.2. The zero-order chi connectivity index (χ0) is 17.3. The Balaban J connectivity index is 2.21. The van der Waals surface area contributed by atoms with Crippen LogP contribution in [0.4, 0.5) is 10.1 Å². The summed E-state index contributed by atoms with van der Waals surface area (Å²) in [5.41, 5.74) is 1.49. The number of aliphatic carboxylic acids is 1. The first-order chi connectivity index (χ1) is 11.5. The lowest BCUT2D eigenvalue weighted by atomic mass is 9.99. The highest BCUT2D eigenvalue weighted by Crippen LogP contribution is 2.30. The van der Waals surface area contributed by atoms with Crippen LogP contribution in [0.5, 0.6) is 0 Å². The third kappa shape index (κ3) is 3.07. The topological polar surface area (TPSA) is 70.0 Å². The van der Waals surface area contributed by atoms with Gasteiger partial charge < -0.3 is 5.11 Å². The predicted molar refractivity (Wildman–Crippen MR) is 91.0 cm³/mol. The van der Waals surface area contributed by atoms with Crippen LogP contribution in [0.1, 0.15) is 11.1 Å². The van der Waals surface area contributed by atoms with E-state index in [0.717, 1.165) is 9.37 Å². The molecule has 1 N–H and O–H groups in total. The highest BCUT2D eigenvalue weighted by Gasteiger charge is 2.27. The number of benzodiazepines with no additional fused rings is 1. The largest absolute Gasteiger partial charge is 0.480 e. The van der Waals surface area contributed by atoms with Gasteiger partial charge in [-0.2, -0.15) is 0 Å². The van der Waals surface area contributed by atoms with E-state index in [2.05, 4.69) is 20.9 Å².